The molecule has 1 aromatic rings. The van der Waals surface area contributed by atoms with E-state index < -0.39 is 0 Å². The Morgan fingerprint density at radius 1 is 1.44 bits per heavy atom. The van der Waals surface area contributed by atoms with Crippen LogP contribution in [0.2, 0.25) is 0 Å². The Balaban J connectivity index is 2.37. The zero-order chi connectivity index (χ0) is 12.0. The maximum Gasteiger partial charge on any atom is 0.124 e. The predicted molar refractivity (Wildman–Crippen MR) is 70.2 cm³/mol. The maximum atomic E-state index is 12.9. The monoisotopic (exact) mass is 287 g/mol. The van der Waals surface area contributed by atoms with Crippen molar-refractivity contribution < 1.29 is 4.39 Å². The van der Waals surface area contributed by atoms with E-state index in [4.69, 9.17) is 0 Å². The van der Waals surface area contributed by atoms with Crippen LogP contribution in [0.4, 0.5) is 4.39 Å². The molecule has 0 bridgehead atoms. The average Bonchev–Trinajstić information content (AvgIpc) is 2.22. The minimum absolute atomic E-state index is 0.184. The van der Waals surface area contributed by atoms with E-state index in [9.17, 15) is 4.39 Å². The van der Waals surface area contributed by atoms with Crippen LogP contribution in [0.15, 0.2) is 22.7 Å². The van der Waals surface area contributed by atoms with Crippen LogP contribution >= 0.6 is 15.9 Å². The minimum atomic E-state index is -0.184. The smallest absolute Gasteiger partial charge is 0.124 e. The average molecular weight is 288 g/mol. The van der Waals surface area contributed by atoms with E-state index in [1.54, 1.807) is 0 Å². The summed E-state index contributed by atoms with van der Waals surface area (Å²) in [6.45, 7) is 5.33. The second-order valence-corrected chi connectivity index (χ2v) is 4.94. The van der Waals surface area contributed by atoms with Crippen molar-refractivity contribution in [2.24, 2.45) is 0 Å². The highest BCUT2D eigenvalue weighted by Gasteiger charge is 2.03. The fraction of sp³-hybridized carbons (Fsp3) is 0.538. The second-order valence-electron chi connectivity index (χ2n) is 4.09. The lowest BCUT2D eigenvalue weighted by Crippen LogP contribution is -2.25. The number of benzene rings is 1. The zero-order valence-electron chi connectivity index (χ0n) is 9.89. The zero-order valence-corrected chi connectivity index (χ0v) is 11.5. The summed E-state index contributed by atoms with van der Waals surface area (Å²) in [4.78, 5) is 0. The lowest BCUT2D eigenvalue weighted by atomic mass is 10.1. The van der Waals surface area contributed by atoms with Crippen molar-refractivity contribution in [2.75, 3.05) is 6.54 Å². The third kappa shape index (κ3) is 4.62. The van der Waals surface area contributed by atoms with Crippen molar-refractivity contribution in [2.45, 2.75) is 39.2 Å². The van der Waals surface area contributed by atoms with Crippen molar-refractivity contribution >= 4 is 15.9 Å². The topological polar surface area (TPSA) is 12.0 Å². The molecule has 0 heterocycles. The summed E-state index contributed by atoms with van der Waals surface area (Å²) in [6.07, 6.45) is 3.27. The van der Waals surface area contributed by atoms with Gasteiger partial charge in [0.2, 0.25) is 0 Å². The van der Waals surface area contributed by atoms with E-state index in [1.807, 2.05) is 6.07 Å². The summed E-state index contributed by atoms with van der Waals surface area (Å²) in [5, 5.41) is 3.38. The molecule has 1 rings (SSSR count). The molecule has 0 aliphatic heterocycles. The SMILES string of the molecule is CCNC(C)CCCc1ccc(F)cc1Br. The molecule has 1 unspecified atom stereocenters. The Morgan fingerprint density at radius 3 is 2.81 bits per heavy atom. The van der Waals surface area contributed by atoms with Crippen LogP contribution in [-0.4, -0.2) is 12.6 Å². The molecule has 0 aromatic heterocycles. The van der Waals surface area contributed by atoms with Crippen molar-refractivity contribution in [3.63, 3.8) is 0 Å². The number of hydrogen-bond acceptors (Lipinski definition) is 1. The van der Waals surface area contributed by atoms with Gasteiger partial charge in [-0.1, -0.05) is 28.9 Å². The quantitative estimate of drug-likeness (QED) is 0.837. The van der Waals surface area contributed by atoms with Crippen LogP contribution < -0.4 is 5.32 Å². The van der Waals surface area contributed by atoms with Gasteiger partial charge in [-0.25, -0.2) is 4.39 Å². The lowest BCUT2D eigenvalue weighted by molar-refractivity contribution is 0.512. The summed E-state index contributed by atoms with van der Waals surface area (Å²) in [7, 11) is 0. The Kier molecular flexibility index (Phi) is 5.99. The van der Waals surface area contributed by atoms with Crippen molar-refractivity contribution in [1.29, 1.82) is 0 Å². The lowest BCUT2D eigenvalue weighted by Gasteiger charge is -2.12. The molecule has 90 valence electrons. The van der Waals surface area contributed by atoms with E-state index in [0.29, 0.717) is 6.04 Å². The molecule has 3 heteroatoms. The molecule has 0 amide bonds. The van der Waals surface area contributed by atoms with Gasteiger partial charge in [-0.05, 0) is 50.4 Å². The molecule has 0 saturated carbocycles. The van der Waals surface area contributed by atoms with Gasteiger partial charge in [0.1, 0.15) is 5.82 Å². The summed E-state index contributed by atoms with van der Waals surface area (Å²) >= 11 is 3.39. The molecule has 0 radical (unpaired) electrons. The number of rotatable bonds is 6. The molecular weight excluding hydrogens is 269 g/mol. The van der Waals surface area contributed by atoms with Gasteiger partial charge in [-0.2, -0.15) is 0 Å². The first-order valence-electron chi connectivity index (χ1n) is 5.80. The van der Waals surface area contributed by atoms with Gasteiger partial charge in [-0.15, -0.1) is 0 Å². The van der Waals surface area contributed by atoms with E-state index in [1.165, 1.54) is 17.7 Å². The molecule has 0 saturated heterocycles. The molecule has 0 aliphatic carbocycles. The van der Waals surface area contributed by atoms with Gasteiger partial charge in [-0.3, -0.25) is 0 Å². The first-order chi connectivity index (χ1) is 7.63. The van der Waals surface area contributed by atoms with Crippen LogP contribution in [0.5, 0.6) is 0 Å². The van der Waals surface area contributed by atoms with Gasteiger partial charge >= 0.3 is 0 Å². The van der Waals surface area contributed by atoms with Crippen molar-refractivity contribution in [3.8, 4) is 0 Å². The summed E-state index contributed by atoms with van der Waals surface area (Å²) < 4.78 is 13.7. The highest BCUT2D eigenvalue weighted by atomic mass is 79.9. The minimum Gasteiger partial charge on any atom is -0.315 e. The van der Waals surface area contributed by atoms with Crippen LogP contribution in [-0.2, 0) is 6.42 Å². The highest BCUT2D eigenvalue weighted by molar-refractivity contribution is 9.10. The Bertz CT molecular complexity index is 328. The van der Waals surface area contributed by atoms with E-state index >= 15 is 0 Å². The molecular formula is C13H19BrFN. The molecule has 0 fully saturated rings. The number of aryl methyl sites for hydroxylation is 1. The predicted octanol–water partition coefficient (Wildman–Crippen LogP) is 3.91. The first-order valence-corrected chi connectivity index (χ1v) is 6.60. The van der Waals surface area contributed by atoms with Crippen LogP contribution in [0, 0.1) is 5.82 Å². The fourth-order valence-corrected chi connectivity index (χ4v) is 2.32. The Morgan fingerprint density at radius 2 is 2.19 bits per heavy atom. The normalized spacial score (nSPS) is 12.8. The third-order valence-corrected chi connectivity index (χ3v) is 3.39. The van der Waals surface area contributed by atoms with Crippen molar-refractivity contribution in [3.05, 3.63) is 34.1 Å². The summed E-state index contributed by atoms with van der Waals surface area (Å²) in [5.41, 5.74) is 1.19. The molecule has 0 aliphatic rings. The van der Waals surface area contributed by atoms with Gasteiger partial charge < -0.3 is 5.32 Å². The standard InChI is InChI=1S/C13H19BrFN/c1-3-16-10(2)5-4-6-11-7-8-12(15)9-13(11)14/h7-10,16H,3-6H2,1-2H3. The Labute approximate surface area is 106 Å². The third-order valence-electron chi connectivity index (χ3n) is 2.65. The number of nitrogens with one attached hydrogen (secondary N) is 1. The maximum absolute atomic E-state index is 12.9. The fourth-order valence-electron chi connectivity index (χ4n) is 1.77. The van der Waals surface area contributed by atoms with E-state index in [0.717, 1.165) is 30.3 Å². The first kappa shape index (κ1) is 13.7. The largest absolute Gasteiger partial charge is 0.315 e. The van der Waals surface area contributed by atoms with Gasteiger partial charge in [0.25, 0.3) is 0 Å². The van der Waals surface area contributed by atoms with Crippen LogP contribution in [0.25, 0.3) is 0 Å². The van der Waals surface area contributed by atoms with Gasteiger partial charge in [0.05, 0.1) is 0 Å². The molecule has 16 heavy (non-hydrogen) atoms. The van der Waals surface area contributed by atoms with Gasteiger partial charge in [0.15, 0.2) is 0 Å². The van der Waals surface area contributed by atoms with Crippen LogP contribution in [0.3, 0.4) is 0 Å². The molecule has 1 nitrogen and oxygen atoms in total. The Hall–Kier alpha value is -0.410. The van der Waals surface area contributed by atoms with E-state index in [-0.39, 0.29) is 5.82 Å². The molecule has 1 atom stereocenters. The van der Waals surface area contributed by atoms with Crippen LogP contribution in [0.1, 0.15) is 32.3 Å². The summed E-state index contributed by atoms with van der Waals surface area (Å²) in [6, 6.07) is 5.47. The van der Waals surface area contributed by atoms with E-state index in [2.05, 4.69) is 35.1 Å². The molecule has 1 N–H and O–H groups in total. The molecule has 1 aromatic carbocycles. The van der Waals surface area contributed by atoms with Crippen molar-refractivity contribution in [1.82, 2.24) is 5.32 Å². The number of halogens is 2. The highest BCUT2D eigenvalue weighted by Crippen LogP contribution is 2.20. The number of hydrogen-bond donors (Lipinski definition) is 1. The van der Waals surface area contributed by atoms with Gasteiger partial charge in [0, 0.05) is 10.5 Å². The summed E-state index contributed by atoms with van der Waals surface area (Å²) in [5.74, 6) is -0.184. The molecule has 0 spiro atoms. The second kappa shape index (κ2) is 7.02.